The molecule has 144 valence electrons. The quantitative estimate of drug-likeness (QED) is 0.488. The highest BCUT2D eigenvalue weighted by atomic mass is 16.1. The van der Waals surface area contributed by atoms with Crippen LogP contribution in [0, 0.1) is 6.92 Å². The molecule has 0 amide bonds. The summed E-state index contributed by atoms with van der Waals surface area (Å²) < 4.78 is 6.22. The van der Waals surface area contributed by atoms with Crippen LogP contribution in [-0.2, 0) is 13.6 Å². The maximum Gasteiger partial charge on any atom is 0.329 e. The molecular weight excluding hydrogens is 346 g/mol. The van der Waals surface area contributed by atoms with Crippen molar-refractivity contribution in [2.24, 2.45) is 7.05 Å². The van der Waals surface area contributed by atoms with Crippen LogP contribution in [-0.4, -0.2) is 13.7 Å². The molecule has 0 aliphatic heterocycles. The highest BCUT2D eigenvalue weighted by Gasteiger charge is 2.23. The predicted octanol–water partition coefficient (Wildman–Crippen LogP) is 5.16. The average Bonchev–Trinajstić information content (AvgIpc) is 3.18. The Morgan fingerprint density at radius 1 is 0.929 bits per heavy atom. The Labute approximate surface area is 165 Å². The zero-order chi connectivity index (χ0) is 19.3. The second-order valence-electron chi connectivity index (χ2n) is 8.25. The zero-order valence-corrected chi connectivity index (χ0v) is 16.7. The molecule has 1 fully saturated rings. The molecular formula is C24H27N3O. The lowest BCUT2D eigenvalue weighted by Gasteiger charge is -2.22. The van der Waals surface area contributed by atoms with Gasteiger partial charge in [0, 0.05) is 30.2 Å². The normalized spacial score (nSPS) is 15.6. The molecule has 1 aliphatic rings. The van der Waals surface area contributed by atoms with Gasteiger partial charge in [-0.1, -0.05) is 43.5 Å². The molecule has 28 heavy (non-hydrogen) atoms. The molecule has 4 aromatic rings. The van der Waals surface area contributed by atoms with Crippen molar-refractivity contribution in [2.75, 3.05) is 0 Å². The van der Waals surface area contributed by atoms with E-state index in [0.29, 0.717) is 12.6 Å². The molecule has 1 saturated carbocycles. The molecule has 0 radical (unpaired) electrons. The van der Waals surface area contributed by atoms with Crippen molar-refractivity contribution in [1.82, 2.24) is 13.7 Å². The van der Waals surface area contributed by atoms with Gasteiger partial charge in [0.15, 0.2) is 0 Å². The summed E-state index contributed by atoms with van der Waals surface area (Å²) in [5.74, 6) is 0. The predicted molar refractivity (Wildman–Crippen MR) is 115 cm³/mol. The van der Waals surface area contributed by atoms with E-state index in [1.165, 1.54) is 41.3 Å². The van der Waals surface area contributed by atoms with Crippen molar-refractivity contribution in [3.05, 3.63) is 70.3 Å². The van der Waals surface area contributed by atoms with Gasteiger partial charge in [-0.2, -0.15) is 0 Å². The minimum Gasteiger partial charge on any atom is -0.350 e. The molecule has 0 N–H and O–H groups in total. The molecule has 0 unspecified atom stereocenters. The fourth-order valence-corrected chi connectivity index (χ4v) is 5.10. The lowest BCUT2D eigenvalue weighted by atomic mass is 9.95. The fraction of sp³-hybridized carbons (Fsp3) is 0.375. The second-order valence-corrected chi connectivity index (χ2v) is 8.25. The third kappa shape index (κ3) is 2.62. The Morgan fingerprint density at radius 2 is 1.64 bits per heavy atom. The van der Waals surface area contributed by atoms with E-state index in [1.807, 2.05) is 16.7 Å². The summed E-state index contributed by atoms with van der Waals surface area (Å²) in [4.78, 5) is 13.5. The Kier molecular flexibility index (Phi) is 4.15. The topological polar surface area (TPSA) is 31.9 Å². The maximum absolute atomic E-state index is 13.5. The van der Waals surface area contributed by atoms with Gasteiger partial charge in [-0.25, -0.2) is 4.79 Å². The Morgan fingerprint density at radius 3 is 2.43 bits per heavy atom. The number of nitrogens with zero attached hydrogens (tertiary/aromatic N) is 3. The van der Waals surface area contributed by atoms with E-state index in [4.69, 9.17) is 0 Å². The lowest BCUT2D eigenvalue weighted by molar-refractivity contribution is 0.350. The monoisotopic (exact) mass is 373 g/mol. The number of benzene rings is 2. The molecule has 0 atom stereocenters. The van der Waals surface area contributed by atoms with Gasteiger partial charge in [-0.15, -0.1) is 0 Å². The smallest absolute Gasteiger partial charge is 0.329 e. The van der Waals surface area contributed by atoms with E-state index in [-0.39, 0.29) is 5.69 Å². The van der Waals surface area contributed by atoms with Crippen LogP contribution >= 0.6 is 0 Å². The first-order chi connectivity index (χ1) is 13.6. The third-order valence-electron chi connectivity index (χ3n) is 6.44. The van der Waals surface area contributed by atoms with E-state index in [9.17, 15) is 4.79 Å². The van der Waals surface area contributed by atoms with Crippen molar-refractivity contribution in [3.8, 4) is 0 Å². The van der Waals surface area contributed by atoms with Crippen molar-refractivity contribution in [2.45, 2.75) is 51.6 Å². The standard InChI is InChI=1S/C24H27N3O/c1-17-9-8-14-22-23(17)18(15-25(22)2)16-26-20-12-6-7-13-21(20)27(24(26)28)19-10-4-3-5-11-19/h6-9,12-15,19H,3-5,10-11,16H2,1-2H3. The SMILES string of the molecule is Cc1cccc2c1c(Cn1c(=O)n(C3CCCCC3)c3ccccc31)cn2C. The van der Waals surface area contributed by atoms with E-state index in [0.717, 1.165) is 23.9 Å². The van der Waals surface area contributed by atoms with Crippen LogP contribution in [0.4, 0.5) is 0 Å². The molecule has 0 saturated heterocycles. The molecule has 4 nitrogen and oxygen atoms in total. The summed E-state index contributed by atoms with van der Waals surface area (Å²) in [5.41, 5.74) is 5.96. The van der Waals surface area contributed by atoms with Gasteiger partial charge in [0.25, 0.3) is 0 Å². The fourth-order valence-electron chi connectivity index (χ4n) is 5.10. The summed E-state index contributed by atoms with van der Waals surface area (Å²) in [6.45, 7) is 2.77. The van der Waals surface area contributed by atoms with E-state index in [2.05, 4.69) is 59.6 Å². The van der Waals surface area contributed by atoms with Crippen LogP contribution in [0.1, 0.15) is 49.3 Å². The lowest BCUT2D eigenvalue weighted by Crippen LogP contribution is -2.28. The highest BCUT2D eigenvalue weighted by Crippen LogP contribution is 2.31. The summed E-state index contributed by atoms with van der Waals surface area (Å²) in [7, 11) is 2.08. The number of aromatic nitrogens is 3. The number of aryl methyl sites for hydroxylation is 2. The Hall–Kier alpha value is -2.75. The van der Waals surface area contributed by atoms with Gasteiger partial charge >= 0.3 is 5.69 Å². The zero-order valence-electron chi connectivity index (χ0n) is 16.7. The first kappa shape index (κ1) is 17.4. The number of rotatable bonds is 3. The molecule has 2 aromatic heterocycles. The minimum atomic E-state index is 0.138. The maximum atomic E-state index is 13.5. The summed E-state index contributed by atoms with van der Waals surface area (Å²) in [6.07, 6.45) is 8.14. The summed E-state index contributed by atoms with van der Waals surface area (Å²) in [5, 5.41) is 1.27. The molecule has 2 aromatic carbocycles. The van der Waals surface area contributed by atoms with E-state index in [1.54, 1.807) is 0 Å². The van der Waals surface area contributed by atoms with Crippen LogP contribution in [0.2, 0.25) is 0 Å². The van der Waals surface area contributed by atoms with Gasteiger partial charge in [-0.05, 0) is 49.1 Å². The molecule has 1 aliphatic carbocycles. The Bertz CT molecular complexity index is 1220. The molecule has 5 rings (SSSR count). The van der Waals surface area contributed by atoms with Crippen LogP contribution in [0.25, 0.3) is 21.9 Å². The van der Waals surface area contributed by atoms with E-state index >= 15 is 0 Å². The largest absolute Gasteiger partial charge is 0.350 e. The molecule has 0 bridgehead atoms. The van der Waals surface area contributed by atoms with E-state index < -0.39 is 0 Å². The molecule has 2 heterocycles. The minimum absolute atomic E-state index is 0.138. The summed E-state index contributed by atoms with van der Waals surface area (Å²) in [6, 6.07) is 15.0. The van der Waals surface area contributed by atoms with Crippen molar-refractivity contribution < 1.29 is 0 Å². The van der Waals surface area contributed by atoms with Gasteiger partial charge in [0.2, 0.25) is 0 Å². The highest BCUT2D eigenvalue weighted by molar-refractivity contribution is 5.87. The number of hydrogen-bond donors (Lipinski definition) is 0. The second kappa shape index (κ2) is 6.69. The number of hydrogen-bond acceptors (Lipinski definition) is 1. The first-order valence-electron chi connectivity index (χ1n) is 10.4. The molecule has 4 heteroatoms. The van der Waals surface area contributed by atoms with Crippen molar-refractivity contribution >= 4 is 21.9 Å². The van der Waals surface area contributed by atoms with Crippen LogP contribution in [0.15, 0.2) is 53.5 Å². The Balaban J connectivity index is 1.69. The third-order valence-corrected chi connectivity index (χ3v) is 6.44. The van der Waals surface area contributed by atoms with Crippen LogP contribution in [0.5, 0.6) is 0 Å². The van der Waals surface area contributed by atoms with Gasteiger partial charge < -0.3 is 4.57 Å². The number of para-hydroxylation sites is 2. The first-order valence-corrected chi connectivity index (χ1v) is 10.4. The van der Waals surface area contributed by atoms with Crippen molar-refractivity contribution in [1.29, 1.82) is 0 Å². The number of fused-ring (bicyclic) bond motifs is 2. The summed E-state index contributed by atoms with van der Waals surface area (Å²) >= 11 is 0. The van der Waals surface area contributed by atoms with Gasteiger partial charge in [0.1, 0.15) is 0 Å². The number of imidazole rings is 1. The van der Waals surface area contributed by atoms with Gasteiger partial charge in [0.05, 0.1) is 17.6 Å². The average molecular weight is 374 g/mol. The van der Waals surface area contributed by atoms with Crippen LogP contribution in [0.3, 0.4) is 0 Å². The van der Waals surface area contributed by atoms with Gasteiger partial charge in [-0.3, -0.25) is 9.13 Å². The van der Waals surface area contributed by atoms with Crippen molar-refractivity contribution in [3.63, 3.8) is 0 Å². The van der Waals surface area contributed by atoms with Crippen LogP contribution < -0.4 is 5.69 Å². The molecule has 0 spiro atoms.